The van der Waals surface area contributed by atoms with E-state index >= 15 is 0 Å². The largest absolute Gasteiger partial charge is 0.465 e. The van der Waals surface area contributed by atoms with Crippen molar-refractivity contribution in [2.75, 3.05) is 12.4 Å². The molecule has 0 aliphatic carbocycles. The zero-order chi connectivity index (χ0) is 22.0. The molecule has 0 saturated carbocycles. The summed E-state index contributed by atoms with van der Waals surface area (Å²) in [6, 6.07) is 15.3. The van der Waals surface area contributed by atoms with Crippen LogP contribution in [-0.2, 0) is 16.1 Å². The molecule has 4 rings (SSSR count). The molecule has 0 spiro atoms. The van der Waals surface area contributed by atoms with Crippen LogP contribution in [0.2, 0.25) is 5.02 Å². The van der Waals surface area contributed by atoms with Gasteiger partial charge in [-0.15, -0.1) is 0 Å². The molecule has 0 atom stereocenters. The van der Waals surface area contributed by atoms with Gasteiger partial charge >= 0.3 is 5.97 Å². The van der Waals surface area contributed by atoms with Crippen LogP contribution in [0.25, 0.3) is 16.8 Å². The SMILES string of the molecule is COC(=O)c1ccccc1NC(=O)Cn1ccn2nc(-c3ccc(Cl)cc3)cc2c1=O. The van der Waals surface area contributed by atoms with Crippen LogP contribution in [0.15, 0.2) is 71.8 Å². The minimum Gasteiger partial charge on any atom is -0.465 e. The van der Waals surface area contributed by atoms with Crippen molar-refractivity contribution in [1.29, 1.82) is 0 Å². The highest BCUT2D eigenvalue weighted by molar-refractivity contribution is 6.30. The Labute approximate surface area is 181 Å². The van der Waals surface area contributed by atoms with E-state index in [4.69, 9.17) is 16.3 Å². The number of nitrogens with zero attached hydrogens (tertiary/aromatic N) is 3. The fourth-order valence-electron chi connectivity index (χ4n) is 3.14. The second-order valence-electron chi connectivity index (χ2n) is 6.68. The standard InChI is InChI=1S/C22H17ClN4O4/c1-31-22(30)16-4-2-3-5-17(16)24-20(28)13-26-10-11-27-19(21(26)29)12-18(25-27)14-6-8-15(23)9-7-14/h2-12H,13H2,1H3,(H,24,28). The quantitative estimate of drug-likeness (QED) is 0.484. The molecule has 0 saturated heterocycles. The second-order valence-corrected chi connectivity index (χ2v) is 7.12. The summed E-state index contributed by atoms with van der Waals surface area (Å²) < 4.78 is 7.47. The topological polar surface area (TPSA) is 94.7 Å². The van der Waals surface area contributed by atoms with Crippen LogP contribution in [0.4, 0.5) is 5.69 Å². The number of halogens is 1. The number of para-hydroxylation sites is 1. The summed E-state index contributed by atoms with van der Waals surface area (Å²) in [4.78, 5) is 37.3. The van der Waals surface area contributed by atoms with Crippen LogP contribution < -0.4 is 10.9 Å². The number of aromatic nitrogens is 3. The lowest BCUT2D eigenvalue weighted by atomic mass is 10.1. The fraction of sp³-hybridized carbons (Fsp3) is 0.0909. The van der Waals surface area contributed by atoms with E-state index in [1.54, 1.807) is 48.7 Å². The minimum atomic E-state index is -0.566. The van der Waals surface area contributed by atoms with Gasteiger partial charge in [0.05, 0.1) is 24.1 Å². The third-order valence-electron chi connectivity index (χ3n) is 4.66. The number of esters is 1. The van der Waals surface area contributed by atoms with Crippen LogP contribution in [0, 0.1) is 0 Å². The molecule has 2 heterocycles. The monoisotopic (exact) mass is 436 g/mol. The van der Waals surface area contributed by atoms with Gasteiger partial charge in [0.15, 0.2) is 0 Å². The van der Waals surface area contributed by atoms with E-state index in [0.717, 1.165) is 5.56 Å². The predicted octanol–water partition coefficient (Wildman–Crippen LogP) is 3.24. The molecule has 9 heteroatoms. The number of methoxy groups -OCH3 is 1. The highest BCUT2D eigenvalue weighted by Gasteiger charge is 2.15. The summed E-state index contributed by atoms with van der Waals surface area (Å²) in [5.41, 5.74) is 1.92. The minimum absolute atomic E-state index is 0.226. The first kappa shape index (κ1) is 20.4. The lowest BCUT2D eigenvalue weighted by molar-refractivity contribution is -0.116. The van der Waals surface area contributed by atoms with E-state index in [0.29, 0.717) is 21.9 Å². The van der Waals surface area contributed by atoms with Gasteiger partial charge in [0.2, 0.25) is 5.91 Å². The Hall–Kier alpha value is -3.91. The van der Waals surface area contributed by atoms with Gasteiger partial charge in [-0.05, 0) is 30.3 Å². The number of fused-ring (bicyclic) bond motifs is 1. The van der Waals surface area contributed by atoms with Gasteiger partial charge < -0.3 is 14.6 Å². The van der Waals surface area contributed by atoms with Gasteiger partial charge in [-0.1, -0.05) is 35.9 Å². The number of nitrogens with one attached hydrogen (secondary N) is 1. The Bertz CT molecular complexity index is 1340. The second kappa shape index (κ2) is 8.45. The van der Waals surface area contributed by atoms with Crippen LogP contribution in [0.3, 0.4) is 0 Å². The van der Waals surface area contributed by atoms with E-state index in [1.165, 1.54) is 22.4 Å². The Morgan fingerprint density at radius 3 is 2.58 bits per heavy atom. The summed E-state index contributed by atoms with van der Waals surface area (Å²) in [5.74, 6) is -1.02. The molecule has 0 unspecified atom stereocenters. The number of anilines is 1. The van der Waals surface area contributed by atoms with Crippen molar-refractivity contribution in [3.8, 4) is 11.3 Å². The van der Waals surface area contributed by atoms with E-state index in [-0.39, 0.29) is 17.7 Å². The molecule has 2 aromatic carbocycles. The van der Waals surface area contributed by atoms with Crippen molar-refractivity contribution in [2.24, 2.45) is 0 Å². The van der Waals surface area contributed by atoms with Crippen molar-refractivity contribution in [3.63, 3.8) is 0 Å². The summed E-state index contributed by atoms with van der Waals surface area (Å²) in [7, 11) is 1.26. The number of hydrogen-bond donors (Lipinski definition) is 1. The predicted molar refractivity (Wildman–Crippen MR) is 116 cm³/mol. The molecule has 0 aliphatic rings. The van der Waals surface area contributed by atoms with E-state index in [2.05, 4.69) is 10.4 Å². The first-order valence-corrected chi connectivity index (χ1v) is 9.66. The zero-order valence-electron chi connectivity index (χ0n) is 16.4. The van der Waals surface area contributed by atoms with Crippen molar-refractivity contribution in [3.05, 3.63) is 87.9 Å². The number of benzene rings is 2. The van der Waals surface area contributed by atoms with Crippen molar-refractivity contribution >= 4 is 34.7 Å². The Balaban J connectivity index is 1.59. The Kier molecular flexibility index (Phi) is 5.55. The number of ether oxygens (including phenoxy) is 1. The maximum atomic E-state index is 12.9. The van der Waals surface area contributed by atoms with Gasteiger partial charge in [0.1, 0.15) is 12.1 Å². The van der Waals surface area contributed by atoms with Gasteiger partial charge in [0, 0.05) is 23.0 Å². The highest BCUT2D eigenvalue weighted by Crippen LogP contribution is 2.21. The molecule has 0 fully saturated rings. The average molecular weight is 437 g/mol. The number of hydrogen-bond acceptors (Lipinski definition) is 5. The molecule has 8 nitrogen and oxygen atoms in total. The van der Waals surface area contributed by atoms with Gasteiger partial charge in [0.25, 0.3) is 5.56 Å². The molecular formula is C22H17ClN4O4. The lowest BCUT2D eigenvalue weighted by Gasteiger charge is -2.10. The Morgan fingerprint density at radius 1 is 1.10 bits per heavy atom. The van der Waals surface area contributed by atoms with Crippen molar-refractivity contribution in [2.45, 2.75) is 6.54 Å². The highest BCUT2D eigenvalue weighted by atomic mass is 35.5. The maximum absolute atomic E-state index is 12.9. The zero-order valence-corrected chi connectivity index (χ0v) is 17.2. The normalized spacial score (nSPS) is 10.8. The van der Waals surface area contributed by atoms with Crippen LogP contribution >= 0.6 is 11.6 Å². The third kappa shape index (κ3) is 4.19. The van der Waals surface area contributed by atoms with Crippen LogP contribution in [-0.4, -0.2) is 33.2 Å². The molecule has 156 valence electrons. The van der Waals surface area contributed by atoms with Crippen LogP contribution in [0.5, 0.6) is 0 Å². The van der Waals surface area contributed by atoms with E-state index < -0.39 is 11.9 Å². The van der Waals surface area contributed by atoms with Crippen molar-refractivity contribution in [1.82, 2.24) is 14.2 Å². The number of rotatable bonds is 5. The van der Waals surface area contributed by atoms with Gasteiger partial charge in [-0.3, -0.25) is 9.59 Å². The molecule has 0 aliphatic heterocycles. The average Bonchev–Trinajstić information content (AvgIpc) is 3.21. The molecule has 4 aromatic rings. The fourth-order valence-corrected chi connectivity index (χ4v) is 3.26. The summed E-state index contributed by atoms with van der Waals surface area (Å²) >= 11 is 5.92. The molecule has 2 aromatic heterocycles. The molecule has 1 N–H and O–H groups in total. The summed E-state index contributed by atoms with van der Waals surface area (Å²) in [5, 5.41) is 7.67. The third-order valence-corrected chi connectivity index (χ3v) is 4.92. The summed E-state index contributed by atoms with van der Waals surface area (Å²) in [6.45, 7) is -0.230. The van der Waals surface area contributed by atoms with E-state index in [9.17, 15) is 14.4 Å². The molecular weight excluding hydrogens is 420 g/mol. The molecule has 0 radical (unpaired) electrons. The van der Waals surface area contributed by atoms with Crippen molar-refractivity contribution < 1.29 is 14.3 Å². The number of carbonyl (C=O) groups is 2. The molecule has 0 bridgehead atoms. The van der Waals surface area contributed by atoms with Crippen LogP contribution in [0.1, 0.15) is 10.4 Å². The maximum Gasteiger partial charge on any atom is 0.339 e. The van der Waals surface area contributed by atoms with Gasteiger partial charge in [-0.2, -0.15) is 5.10 Å². The molecule has 31 heavy (non-hydrogen) atoms. The smallest absolute Gasteiger partial charge is 0.339 e. The summed E-state index contributed by atoms with van der Waals surface area (Å²) in [6.07, 6.45) is 3.09. The first-order chi connectivity index (χ1) is 15.0. The van der Waals surface area contributed by atoms with Gasteiger partial charge in [-0.25, -0.2) is 9.31 Å². The van der Waals surface area contributed by atoms with E-state index in [1.807, 2.05) is 12.1 Å². The Morgan fingerprint density at radius 2 is 1.84 bits per heavy atom. The molecule has 1 amide bonds. The number of carbonyl (C=O) groups excluding carboxylic acids is 2. The lowest BCUT2D eigenvalue weighted by Crippen LogP contribution is -2.28. The number of amides is 1. The first-order valence-electron chi connectivity index (χ1n) is 9.28.